The molecule has 4 aliphatic carbocycles. The SMILES string of the molecule is C1=CC2C(/C3=C/C4CC4C/C=C\C=C/C3)=c3ccccc3=C(c3ccc(-c4ccc(-c5ccccc5)c5ccccc45)cc3)[C@@H]2C=C1. The highest BCUT2D eigenvalue weighted by molar-refractivity contribution is 6.05. The first-order chi connectivity index (χ1) is 23.3. The second-order valence-electron chi connectivity index (χ2n) is 13.5. The van der Waals surface area contributed by atoms with Crippen molar-refractivity contribution in [2.24, 2.45) is 23.7 Å². The number of hydrogen-bond acceptors (Lipinski definition) is 0. The molecule has 3 unspecified atom stereocenters. The van der Waals surface area contributed by atoms with Crippen molar-refractivity contribution in [3.63, 3.8) is 0 Å². The first-order valence-electron chi connectivity index (χ1n) is 17.2. The highest BCUT2D eigenvalue weighted by Gasteiger charge is 2.37. The fraction of sp³-hybridized carbons (Fsp3) is 0.149. The third kappa shape index (κ3) is 5.09. The van der Waals surface area contributed by atoms with Gasteiger partial charge in [0.25, 0.3) is 0 Å². The number of rotatable bonds is 4. The van der Waals surface area contributed by atoms with E-state index in [1.165, 1.54) is 78.6 Å². The molecule has 0 N–H and O–H groups in total. The third-order valence-corrected chi connectivity index (χ3v) is 10.7. The van der Waals surface area contributed by atoms with Gasteiger partial charge in [-0.3, -0.25) is 0 Å². The highest BCUT2D eigenvalue weighted by Crippen LogP contribution is 2.47. The summed E-state index contributed by atoms with van der Waals surface area (Å²) in [6, 6.07) is 42.7. The van der Waals surface area contributed by atoms with Crippen molar-refractivity contribution in [3.05, 3.63) is 192 Å². The molecule has 5 aromatic carbocycles. The van der Waals surface area contributed by atoms with Crippen LogP contribution in [0.25, 0.3) is 44.2 Å². The van der Waals surface area contributed by atoms with Crippen molar-refractivity contribution >= 4 is 21.9 Å². The normalized spacial score (nSPS) is 25.2. The van der Waals surface area contributed by atoms with Gasteiger partial charge in [0.15, 0.2) is 0 Å². The fourth-order valence-corrected chi connectivity index (χ4v) is 8.33. The Morgan fingerprint density at radius 1 is 0.468 bits per heavy atom. The maximum absolute atomic E-state index is 2.64. The summed E-state index contributed by atoms with van der Waals surface area (Å²) < 4.78 is 0. The van der Waals surface area contributed by atoms with Crippen LogP contribution in [0.3, 0.4) is 0 Å². The van der Waals surface area contributed by atoms with E-state index in [1.807, 2.05) is 0 Å². The lowest BCUT2D eigenvalue weighted by Crippen LogP contribution is -2.40. The molecule has 0 heterocycles. The maximum atomic E-state index is 2.64. The predicted molar refractivity (Wildman–Crippen MR) is 199 cm³/mol. The summed E-state index contributed by atoms with van der Waals surface area (Å²) in [6.07, 6.45) is 24.8. The third-order valence-electron chi connectivity index (χ3n) is 10.7. The van der Waals surface area contributed by atoms with E-state index in [4.69, 9.17) is 0 Å². The first-order valence-corrected chi connectivity index (χ1v) is 17.2. The summed E-state index contributed by atoms with van der Waals surface area (Å²) in [5, 5.41) is 5.36. The van der Waals surface area contributed by atoms with Gasteiger partial charge in [0.2, 0.25) is 0 Å². The number of allylic oxidation sites excluding steroid dienone is 10. The molecule has 5 aromatic rings. The van der Waals surface area contributed by atoms with Crippen LogP contribution in [0.15, 0.2) is 176 Å². The van der Waals surface area contributed by atoms with Gasteiger partial charge >= 0.3 is 0 Å². The molecule has 0 heteroatoms. The second-order valence-corrected chi connectivity index (χ2v) is 13.5. The monoisotopic (exact) mass is 602 g/mol. The van der Waals surface area contributed by atoms with E-state index in [0.717, 1.165) is 12.3 Å². The van der Waals surface area contributed by atoms with Gasteiger partial charge in [-0.25, -0.2) is 0 Å². The molecular formula is C47H38. The van der Waals surface area contributed by atoms with Gasteiger partial charge in [-0.15, -0.1) is 0 Å². The van der Waals surface area contributed by atoms with E-state index in [9.17, 15) is 0 Å². The summed E-state index contributed by atoms with van der Waals surface area (Å²) in [5.41, 5.74) is 10.9. The minimum absolute atomic E-state index is 0.303. The van der Waals surface area contributed by atoms with E-state index < -0.39 is 0 Å². The zero-order valence-corrected chi connectivity index (χ0v) is 26.6. The summed E-state index contributed by atoms with van der Waals surface area (Å²) in [7, 11) is 0. The molecule has 4 atom stereocenters. The molecule has 0 aliphatic heterocycles. The lowest BCUT2D eigenvalue weighted by atomic mass is 9.69. The zero-order chi connectivity index (χ0) is 31.2. The van der Waals surface area contributed by atoms with Crippen molar-refractivity contribution < 1.29 is 0 Å². The van der Waals surface area contributed by atoms with Crippen molar-refractivity contribution in [3.8, 4) is 22.3 Å². The lowest BCUT2D eigenvalue weighted by molar-refractivity contribution is 0.681. The van der Waals surface area contributed by atoms with Crippen molar-refractivity contribution in [2.45, 2.75) is 19.3 Å². The Bertz CT molecular complexity index is 2270. The zero-order valence-electron chi connectivity index (χ0n) is 26.6. The van der Waals surface area contributed by atoms with E-state index in [-0.39, 0.29) is 0 Å². The molecule has 0 bridgehead atoms. The predicted octanol–water partition coefficient (Wildman–Crippen LogP) is 10.4. The van der Waals surface area contributed by atoms with Crippen LogP contribution in [0.2, 0.25) is 0 Å². The Kier molecular flexibility index (Phi) is 7.08. The van der Waals surface area contributed by atoms with Gasteiger partial charge in [0.1, 0.15) is 0 Å². The average Bonchev–Trinajstić information content (AvgIpc) is 3.89. The van der Waals surface area contributed by atoms with Crippen molar-refractivity contribution in [1.29, 1.82) is 0 Å². The molecule has 1 saturated carbocycles. The van der Waals surface area contributed by atoms with Crippen LogP contribution in [-0.2, 0) is 0 Å². The van der Waals surface area contributed by atoms with E-state index in [1.54, 1.807) is 0 Å². The number of benzene rings is 5. The topological polar surface area (TPSA) is 0 Å². The Balaban J connectivity index is 1.18. The van der Waals surface area contributed by atoms with E-state index >= 15 is 0 Å². The Morgan fingerprint density at radius 3 is 1.77 bits per heavy atom. The molecule has 0 amide bonds. The number of fused-ring (bicyclic) bond motifs is 4. The lowest BCUT2D eigenvalue weighted by Gasteiger charge is -2.34. The minimum Gasteiger partial charge on any atom is -0.0843 e. The summed E-state index contributed by atoms with van der Waals surface area (Å²) in [6.45, 7) is 0. The van der Waals surface area contributed by atoms with Crippen molar-refractivity contribution in [1.82, 2.24) is 0 Å². The van der Waals surface area contributed by atoms with Crippen molar-refractivity contribution in [2.75, 3.05) is 0 Å². The molecule has 0 spiro atoms. The van der Waals surface area contributed by atoms with E-state index in [0.29, 0.717) is 17.8 Å². The van der Waals surface area contributed by atoms with Gasteiger partial charge in [-0.2, -0.15) is 0 Å². The Hall–Kier alpha value is -5.20. The molecule has 47 heavy (non-hydrogen) atoms. The molecule has 0 nitrogen and oxygen atoms in total. The van der Waals surface area contributed by atoms with Crippen LogP contribution in [-0.4, -0.2) is 0 Å². The summed E-state index contributed by atoms with van der Waals surface area (Å²) in [5.74, 6) is 2.14. The molecule has 9 rings (SSSR count). The molecule has 0 aromatic heterocycles. The van der Waals surface area contributed by atoms with Gasteiger partial charge in [-0.1, -0.05) is 170 Å². The molecule has 4 aliphatic rings. The Labute approximate surface area is 277 Å². The average molecular weight is 603 g/mol. The van der Waals surface area contributed by atoms with Crippen LogP contribution in [0, 0.1) is 23.7 Å². The standard InChI is InChI=1S/C47H38/c1-2-5-17-36(31-37-30-35(37)16-4-1)47-44-22-12-10-20-42(44)46(43-21-11-13-23-45(43)47)34-26-24-33(25-27-34)39-29-28-38(32-14-6-3-7-15-32)40-18-8-9-19-41(39)40/h1-15,18-29,31,35,37,42,44H,16-17,30H2/b4-1-,5-2-,36-31+/t35?,37?,42-,44?/m1/s1. The van der Waals surface area contributed by atoms with E-state index in [2.05, 4.69) is 170 Å². The summed E-state index contributed by atoms with van der Waals surface area (Å²) in [4.78, 5) is 0. The molecule has 0 saturated heterocycles. The fourth-order valence-electron chi connectivity index (χ4n) is 8.33. The Morgan fingerprint density at radius 2 is 1.04 bits per heavy atom. The molecule has 1 fully saturated rings. The van der Waals surface area contributed by atoms with Gasteiger partial charge in [0, 0.05) is 11.8 Å². The minimum atomic E-state index is 0.303. The largest absolute Gasteiger partial charge is 0.0843 e. The maximum Gasteiger partial charge on any atom is 0.0137 e. The van der Waals surface area contributed by atoms with Crippen LogP contribution in [0.4, 0.5) is 0 Å². The smallest absolute Gasteiger partial charge is 0.0137 e. The molecular weight excluding hydrogens is 565 g/mol. The van der Waals surface area contributed by atoms with Crippen LogP contribution < -0.4 is 10.4 Å². The van der Waals surface area contributed by atoms with Gasteiger partial charge in [-0.05, 0) is 96.8 Å². The van der Waals surface area contributed by atoms with Gasteiger partial charge < -0.3 is 0 Å². The van der Waals surface area contributed by atoms with Crippen LogP contribution >= 0.6 is 0 Å². The summed E-state index contributed by atoms with van der Waals surface area (Å²) >= 11 is 0. The van der Waals surface area contributed by atoms with Crippen LogP contribution in [0.5, 0.6) is 0 Å². The molecule has 0 radical (unpaired) electrons. The highest BCUT2D eigenvalue weighted by atomic mass is 14.4. The first kappa shape index (κ1) is 28.1. The number of hydrogen-bond donors (Lipinski definition) is 0. The second kappa shape index (κ2) is 11.9. The van der Waals surface area contributed by atoms with Crippen LogP contribution in [0.1, 0.15) is 24.8 Å². The quantitative estimate of drug-likeness (QED) is 0.192. The van der Waals surface area contributed by atoms with Gasteiger partial charge in [0.05, 0.1) is 0 Å². The molecule has 226 valence electrons.